The van der Waals surface area contributed by atoms with Crippen LogP contribution in [-0.4, -0.2) is 11.1 Å². The highest BCUT2D eigenvalue weighted by atomic mass is 35.5. The highest BCUT2D eigenvalue weighted by Gasteiger charge is 2.07. The fraction of sp³-hybridized carbons (Fsp3) is 0.0952. The first-order chi connectivity index (χ1) is 13.0. The van der Waals surface area contributed by atoms with E-state index < -0.39 is 5.97 Å². The highest BCUT2D eigenvalue weighted by Crippen LogP contribution is 2.23. The third-order valence-corrected chi connectivity index (χ3v) is 4.34. The number of anilines is 1. The lowest BCUT2D eigenvalue weighted by Gasteiger charge is -2.13. The standard InChI is InChI=1S/C21H17ClFNO3/c22-19-11-17(23)8-5-16(19)13-27-20-4-2-1-3-15(20)12-24-18-9-6-14(7-10-18)21(25)26/h1-11,24H,12-13H2,(H,25,26). The van der Waals surface area contributed by atoms with Crippen molar-refractivity contribution in [1.29, 1.82) is 0 Å². The van der Waals surface area contributed by atoms with Gasteiger partial charge in [0.25, 0.3) is 0 Å². The largest absolute Gasteiger partial charge is 0.488 e. The molecule has 0 fully saturated rings. The predicted octanol–water partition coefficient (Wildman–Crippen LogP) is 5.37. The fourth-order valence-electron chi connectivity index (χ4n) is 2.51. The monoisotopic (exact) mass is 385 g/mol. The number of benzene rings is 3. The van der Waals surface area contributed by atoms with Crippen molar-refractivity contribution in [3.63, 3.8) is 0 Å². The van der Waals surface area contributed by atoms with Gasteiger partial charge in [-0.3, -0.25) is 0 Å². The van der Waals surface area contributed by atoms with Gasteiger partial charge in [-0.1, -0.05) is 35.9 Å². The van der Waals surface area contributed by atoms with Crippen molar-refractivity contribution in [3.05, 3.63) is 94.3 Å². The van der Waals surface area contributed by atoms with Gasteiger partial charge in [-0.15, -0.1) is 0 Å². The van der Waals surface area contributed by atoms with Gasteiger partial charge in [-0.05, 0) is 42.5 Å². The number of aromatic carboxylic acids is 1. The van der Waals surface area contributed by atoms with Crippen LogP contribution in [0.25, 0.3) is 0 Å². The Bertz CT molecular complexity index is 944. The SMILES string of the molecule is O=C(O)c1ccc(NCc2ccccc2OCc2ccc(F)cc2Cl)cc1. The molecule has 2 N–H and O–H groups in total. The average molecular weight is 386 g/mol. The Morgan fingerprint density at radius 2 is 1.78 bits per heavy atom. The first-order valence-electron chi connectivity index (χ1n) is 8.25. The normalized spacial score (nSPS) is 10.4. The van der Waals surface area contributed by atoms with Gasteiger partial charge in [0.05, 0.1) is 10.6 Å². The summed E-state index contributed by atoms with van der Waals surface area (Å²) in [5.74, 6) is -0.658. The van der Waals surface area contributed by atoms with E-state index in [1.807, 2.05) is 24.3 Å². The molecule has 0 atom stereocenters. The van der Waals surface area contributed by atoms with Gasteiger partial charge in [0.1, 0.15) is 18.2 Å². The molecule has 0 aliphatic heterocycles. The molecule has 0 unspecified atom stereocenters. The van der Waals surface area contributed by atoms with E-state index in [0.29, 0.717) is 22.9 Å². The van der Waals surface area contributed by atoms with Gasteiger partial charge < -0.3 is 15.2 Å². The number of para-hydroxylation sites is 1. The maximum atomic E-state index is 13.1. The maximum Gasteiger partial charge on any atom is 0.335 e. The summed E-state index contributed by atoms with van der Waals surface area (Å²) in [5.41, 5.74) is 2.67. The number of carboxylic acid groups (broad SMARTS) is 1. The van der Waals surface area contributed by atoms with E-state index in [1.165, 1.54) is 12.1 Å². The lowest BCUT2D eigenvalue weighted by molar-refractivity contribution is 0.0697. The summed E-state index contributed by atoms with van der Waals surface area (Å²) in [6.07, 6.45) is 0. The van der Waals surface area contributed by atoms with Crippen molar-refractivity contribution in [2.45, 2.75) is 13.2 Å². The Morgan fingerprint density at radius 3 is 2.48 bits per heavy atom. The van der Waals surface area contributed by atoms with Crippen molar-refractivity contribution in [1.82, 2.24) is 0 Å². The van der Waals surface area contributed by atoms with Gasteiger partial charge in [0.15, 0.2) is 0 Å². The van der Waals surface area contributed by atoms with Gasteiger partial charge >= 0.3 is 5.97 Å². The van der Waals surface area contributed by atoms with Crippen LogP contribution in [-0.2, 0) is 13.2 Å². The second-order valence-electron chi connectivity index (χ2n) is 5.87. The van der Waals surface area contributed by atoms with Gasteiger partial charge in [-0.2, -0.15) is 0 Å². The van der Waals surface area contributed by atoms with E-state index in [2.05, 4.69) is 5.32 Å². The molecule has 0 aromatic heterocycles. The zero-order chi connectivity index (χ0) is 19.2. The van der Waals surface area contributed by atoms with Gasteiger partial charge in [0, 0.05) is 23.4 Å². The van der Waals surface area contributed by atoms with E-state index >= 15 is 0 Å². The fourth-order valence-corrected chi connectivity index (χ4v) is 2.73. The minimum Gasteiger partial charge on any atom is -0.488 e. The van der Waals surface area contributed by atoms with Gasteiger partial charge in [-0.25, -0.2) is 9.18 Å². The summed E-state index contributed by atoms with van der Waals surface area (Å²) < 4.78 is 19.0. The number of hydrogen-bond donors (Lipinski definition) is 2. The van der Waals surface area contributed by atoms with Crippen LogP contribution >= 0.6 is 11.6 Å². The van der Waals surface area contributed by atoms with Gasteiger partial charge in [0.2, 0.25) is 0 Å². The van der Waals surface area contributed by atoms with E-state index in [4.69, 9.17) is 21.4 Å². The van der Waals surface area contributed by atoms with E-state index in [0.717, 1.165) is 11.3 Å². The molecule has 0 aliphatic carbocycles. The molecule has 0 saturated heterocycles. The lowest BCUT2D eigenvalue weighted by Crippen LogP contribution is -2.04. The van der Waals surface area contributed by atoms with E-state index in [1.54, 1.807) is 30.3 Å². The summed E-state index contributed by atoms with van der Waals surface area (Å²) in [4.78, 5) is 10.9. The van der Waals surface area contributed by atoms with Crippen molar-refractivity contribution < 1.29 is 19.0 Å². The third-order valence-electron chi connectivity index (χ3n) is 3.99. The molecule has 138 valence electrons. The number of carboxylic acids is 1. The van der Waals surface area contributed by atoms with Crippen molar-refractivity contribution in [2.24, 2.45) is 0 Å². The Kier molecular flexibility index (Phi) is 5.94. The van der Waals surface area contributed by atoms with Crippen molar-refractivity contribution >= 4 is 23.3 Å². The molecule has 0 bridgehead atoms. The second kappa shape index (κ2) is 8.56. The minimum atomic E-state index is -0.959. The molecular weight excluding hydrogens is 369 g/mol. The Hall–Kier alpha value is -3.05. The topological polar surface area (TPSA) is 58.6 Å². The summed E-state index contributed by atoms with van der Waals surface area (Å²) in [6, 6.07) is 18.3. The number of hydrogen-bond acceptors (Lipinski definition) is 3. The molecule has 3 aromatic rings. The summed E-state index contributed by atoms with van der Waals surface area (Å²) in [5, 5.41) is 12.5. The molecule has 6 heteroatoms. The zero-order valence-electron chi connectivity index (χ0n) is 14.3. The van der Waals surface area contributed by atoms with Crippen molar-refractivity contribution in [3.8, 4) is 5.75 Å². The Morgan fingerprint density at radius 1 is 1.04 bits per heavy atom. The molecule has 27 heavy (non-hydrogen) atoms. The molecule has 0 aliphatic rings. The van der Waals surface area contributed by atoms with Crippen LogP contribution in [0.2, 0.25) is 5.02 Å². The number of nitrogens with one attached hydrogen (secondary N) is 1. The lowest BCUT2D eigenvalue weighted by atomic mass is 10.1. The Balaban J connectivity index is 1.65. The molecule has 0 radical (unpaired) electrons. The highest BCUT2D eigenvalue weighted by molar-refractivity contribution is 6.31. The van der Waals surface area contributed by atoms with Crippen LogP contribution in [0.5, 0.6) is 5.75 Å². The number of carbonyl (C=O) groups is 1. The summed E-state index contributed by atoms with van der Waals surface area (Å²) in [6.45, 7) is 0.725. The molecule has 3 aromatic carbocycles. The molecular formula is C21H17ClFNO3. The second-order valence-corrected chi connectivity index (χ2v) is 6.28. The predicted molar refractivity (Wildman–Crippen MR) is 103 cm³/mol. The van der Waals surface area contributed by atoms with Crippen LogP contribution in [0.1, 0.15) is 21.5 Å². The maximum absolute atomic E-state index is 13.1. The first-order valence-corrected chi connectivity index (χ1v) is 8.62. The van der Waals surface area contributed by atoms with Crippen LogP contribution < -0.4 is 10.1 Å². The first kappa shape index (κ1) is 18.7. The Labute approximate surface area is 161 Å². The minimum absolute atomic E-state index is 0.226. The third kappa shape index (κ3) is 4.99. The van der Waals surface area contributed by atoms with E-state index in [-0.39, 0.29) is 18.0 Å². The molecule has 0 spiro atoms. The number of rotatable bonds is 7. The van der Waals surface area contributed by atoms with E-state index in [9.17, 15) is 9.18 Å². The summed E-state index contributed by atoms with van der Waals surface area (Å²) >= 11 is 6.04. The molecule has 0 heterocycles. The van der Waals surface area contributed by atoms with Crippen LogP contribution in [0, 0.1) is 5.82 Å². The smallest absolute Gasteiger partial charge is 0.335 e. The summed E-state index contributed by atoms with van der Waals surface area (Å²) in [7, 11) is 0. The average Bonchev–Trinajstić information content (AvgIpc) is 2.66. The molecule has 0 amide bonds. The quantitative estimate of drug-likeness (QED) is 0.574. The van der Waals surface area contributed by atoms with Crippen LogP contribution in [0.4, 0.5) is 10.1 Å². The van der Waals surface area contributed by atoms with Crippen LogP contribution in [0.3, 0.4) is 0 Å². The number of halogens is 2. The molecule has 0 saturated carbocycles. The van der Waals surface area contributed by atoms with Crippen molar-refractivity contribution in [2.75, 3.05) is 5.32 Å². The number of ether oxygens (including phenoxy) is 1. The zero-order valence-corrected chi connectivity index (χ0v) is 15.0. The van der Waals surface area contributed by atoms with Crippen LogP contribution in [0.15, 0.2) is 66.7 Å². The molecule has 3 rings (SSSR count). The molecule has 4 nitrogen and oxygen atoms in total.